The van der Waals surface area contributed by atoms with Gasteiger partial charge in [0.25, 0.3) is 0 Å². The average molecular weight is 243 g/mol. The molecule has 1 aromatic heterocycles. The molecule has 2 rings (SSSR count). The molecule has 0 unspecified atom stereocenters. The van der Waals surface area contributed by atoms with Gasteiger partial charge >= 0.3 is 0 Å². The molecule has 3 heteroatoms. The van der Waals surface area contributed by atoms with Crippen LogP contribution in [0.15, 0.2) is 30.6 Å². The Balaban J connectivity index is 2.13. The number of benzene rings is 1. The lowest BCUT2D eigenvalue weighted by Crippen LogP contribution is -2.16. The predicted molar refractivity (Wildman–Crippen MR) is 74.6 cm³/mol. The summed E-state index contributed by atoms with van der Waals surface area (Å²) in [6, 6.07) is 6.64. The first-order chi connectivity index (χ1) is 8.70. The van der Waals surface area contributed by atoms with Crippen LogP contribution in [0, 0.1) is 13.8 Å². The lowest BCUT2D eigenvalue weighted by molar-refractivity contribution is 0.639. The van der Waals surface area contributed by atoms with E-state index >= 15 is 0 Å². The van der Waals surface area contributed by atoms with Crippen molar-refractivity contribution in [3.05, 3.63) is 53.1 Å². The van der Waals surface area contributed by atoms with Crippen LogP contribution in [0.25, 0.3) is 0 Å². The highest BCUT2D eigenvalue weighted by Crippen LogP contribution is 2.12. The molecule has 0 aliphatic carbocycles. The van der Waals surface area contributed by atoms with Gasteiger partial charge in [0.15, 0.2) is 0 Å². The van der Waals surface area contributed by atoms with Crippen LogP contribution in [-0.2, 0) is 13.1 Å². The van der Waals surface area contributed by atoms with E-state index in [0.717, 1.165) is 25.5 Å². The standard InChI is InChI=1S/C15H21N3/c1-4-16-10-15-17-7-8-18(15)11-14-6-5-12(2)13(3)9-14/h5-9,16H,4,10-11H2,1-3H3. The zero-order chi connectivity index (χ0) is 13.0. The maximum atomic E-state index is 4.39. The van der Waals surface area contributed by atoms with Gasteiger partial charge in [-0.25, -0.2) is 4.98 Å². The van der Waals surface area contributed by atoms with Gasteiger partial charge in [-0.05, 0) is 37.1 Å². The summed E-state index contributed by atoms with van der Waals surface area (Å²) in [5, 5.41) is 3.31. The summed E-state index contributed by atoms with van der Waals surface area (Å²) >= 11 is 0. The normalized spacial score (nSPS) is 10.8. The molecular weight excluding hydrogens is 222 g/mol. The third-order valence-electron chi connectivity index (χ3n) is 3.26. The molecule has 96 valence electrons. The molecule has 18 heavy (non-hydrogen) atoms. The van der Waals surface area contributed by atoms with Crippen molar-refractivity contribution in [3.63, 3.8) is 0 Å². The fraction of sp³-hybridized carbons (Fsp3) is 0.400. The lowest BCUT2D eigenvalue weighted by atomic mass is 10.1. The number of imidazole rings is 1. The highest BCUT2D eigenvalue weighted by molar-refractivity contribution is 5.30. The number of nitrogens with zero attached hydrogens (tertiary/aromatic N) is 2. The quantitative estimate of drug-likeness (QED) is 0.875. The van der Waals surface area contributed by atoms with Crippen molar-refractivity contribution >= 4 is 0 Å². The molecule has 1 aromatic carbocycles. The Bertz CT molecular complexity index is 514. The molecule has 0 saturated heterocycles. The molecule has 0 fully saturated rings. The summed E-state index contributed by atoms with van der Waals surface area (Å²) in [5.74, 6) is 1.09. The van der Waals surface area contributed by atoms with E-state index in [-0.39, 0.29) is 0 Å². The van der Waals surface area contributed by atoms with Gasteiger partial charge in [-0.1, -0.05) is 25.1 Å². The molecule has 0 aliphatic heterocycles. The minimum atomic E-state index is 0.828. The molecule has 3 nitrogen and oxygen atoms in total. The Kier molecular flexibility index (Phi) is 4.15. The Morgan fingerprint density at radius 1 is 1.22 bits per heavy atom. The Labute approximate surface area is 109 Å². The molecule has 0 aliphatic rings. The van der Waals surface area contributed by atoms with Crippen LogP contribution in [-0.4, -0.2) is 16.1 Å². The molecule has 0 saturated carbocycles. The average Bonchev–Trinajstić information content (AvgIpc) is 2.79. The van der Waals surface area contributed by atoms with E-state index in [9.17, 15) is 0 Å². The summed E-state index contributed by atoms with van der Waals surface area (Å²) in [6.45, 7) is 9.10. The van der Waals surface area contributed by atoms with E-state index in [1.807, 2.05) is 12.4 Å². The van der Waals surface area contributed by atoms with E-state index in [0.29, 0.717) is 0 Å². The van der Waals surface area contributed by atoms with Crippen molar-refractivity contribution in [1.29, 1.82) is 0 Å². The van der Waals surface area contributed by atoms with Gasteiger partial charge in [0.05, 0.1) is 6.54 Å². The molecular formula is C15H21N3. The summed E-state index contributed by atoms with van der Waals surface area (Å²) < 4.78 is 2.20. The monoisotopic (exact) mass is 243 g/mol. The first kappa shape index (κ1) is 12.8. The maximum Gasteiger partial charge on any atom is 0.122 e. The largest absolute Gasteiger partial charge is 0.329 e. The molecule has 0 radical (unpaired) electrons. The van der Waals surface area contributed by atoms with E-state index < -0.39 is 0 Å². The van der Waals surface area contributed by atoms with E-state index in [2.05, 4.69) is 53.8 Å². The fourth-order valence-electron chi connectivity index (χ4n) is 1.99. The molecule has 0 bridgehead atoms. The van der Waals surface area contributed by atoms with Gasteiger partial charge in [-0.15, -0.1) is 0 Å². The van der Waals surface area contributed by atoms with E-state index in [1.165, 1.54) is 16.7 Å². The van der Waals surface area contributed by atoms with Gasteiger partial charge in [0.1, 0.15) is 5.82 Å². The predicted octanol–water partition coefficient (Wildman–Crippen LogP) is 2.66. The summed E-state index contributed by atoms with van der Waals surface area (Å²) in [6.07, 6.45) is 3.91. The Hall–Kier alpha value is -1.61. The first-order valence-corrected chi connectivity index (χ1v) is 6.47. The van der Waals surface area contributed by atoms with Crippen LogP contribution < -0.4 is 5.32 Å². The van der Waals surface area contributed by atoms with Crippen molar-refractivity contribution in [2.75, 3.05) is 6.54 Å². The van der Waals surface area contributed by atoms with Crippen LogP contribution in [0.5, 0.6) is 0 Å². The third kappa shape index (κ3) is 2.99. The Morgan fingerprint density at radius 2 is 2.06 bits per heavy atom. The Morgan fingerprint density at radius 3 is 2.78 bits per heavy atom. The molecule has 0 amide bonds. The smallest absolute Gasteiger partial charge is 0.122 e. The van der Waals surface area contributed by atoms with Crippen LogP contribution in [0.2, 0.25) is 0 Å². The molecule has 0 atom stereocenters. The topological polar surface area (TPSA) is 29.9 Å². The molecule has 2 aromatic rings. The van der Waals surface area contributed by atoms with E-state index in [1.54, 1.807) is 0 Å². The van der Waals surface area contributed by atoms with Gasteiger partial charge in [0, 0.05) is 18.9 Å². The zero-order valence-electron chi connectivity index (χ0n) is 11.4. The highest BCUT2D eigenvalue weighted by atomic mass is 15.1. The van der Waals surface area contributed by atoms with Crippen LogP contribution in [0.3, 0.4) is 0 Å². The number of aromatic nitrogens is 2. The number of hydrogen-bond donors (Lipinski definition) is 1. The molecule has 1 N–H and O–H groups in total. The van der Waals surface area contributed by atoms with Crippen molar-refractivity contribution < 1.29 is 0 Å². The minimum absolute atomic E-state index is 0.828. The summed E-state index contributed by atoms with van der Waals surface area (Å²) in [5.41, 5.74) is 4.02. The fourth-order valence-corrected chi connectivity index (χ4v) is 1.99. The number of hydrogen-bond acceptors (Lipinski definition) is 2. The summed E-state index contributed by atoms with van der Waals surface area (Å²) in [7, 11) is 0. The molecule has 0 spiro atoms. The van der Waals surface area contributed by atoms with Crippen molar-refractivity contribution in [2.45, 2.75) is 33.9 Å². The van der Waals surface area contributed by atoms with Crippen LogP contribution in [0.1, 0.15) is 29.4 Å². The first-order valence-electron chi connectivity index (χ1n) is 6.47. The maximum absolute atomic E-state index is 4.39. The minimum Gasteiger partial charge on any atom is -0.329 e. The van der Waals surface area contributed by atoms with Crippen LogP contribution >= 0.6 is 0 Å². The van der Waals surface area contributed by atoms with Crippen LogP contribution in [0.4, 0.5) is 0 Å². The van der Waals surface area contributed by atoms with Gasteiger partial charge in [-0.3, -0.25) is 0 Å². The lowest BCUT2D eigenvalue weighted by Gasteiger charge is -2.10. The second-order valence-corrected chi connectivity index (χ2v) is 4.67. The van der Waals surface area contributed by atoms with Gasteiger partial charge < -0.3 is 9.88 Å². The molecule has 1 heterocycles. The third-order valence-corrected chi connectivity index (χ3v) is 3.26. The van der Waals surface area contributed by atoms with Crippen molar-refractivity contribution in [2.24, 2.45) is 0 Å². The zero-order valence-corrected chi connectivity index (χ0v) is 11.4. The van der Waals surface area contributed by atoms with Crippen molar-refractivity contribution in [3.8, 4) is 0 Å². The van der Waals surface area contributed by atoms with Crippen molar-refractivity contribution in [1.82, 2.24) is 14.9 Å². The second kappa shape index (κ2) is 5.83. The van der Waals surface area contributed by atoms with E-state index in [4.69, 9.17) is 0 Å². The van der Waals surface area contributed by atoms with Gasteiger partial charge in [-0.2, -0.15) is 0 Å². The number of nitrogens with one attached hydrogen (secondary N) is 1. The van der Waals surface area contributed by atoms with Gasteiger partial charge in [0.2, 0.25) is 0 Å². The number of rotatable bonds is 5. The SMILES string of the molecule is CCNCc1nccn1Cc1ccc(C)c(C)c1. The number of aryl methyl sites for hydroxylation is 2. The second-order valence-electron chi connectivity index (χ2n) is 4.67. The summed E-state index contributed by atoms with van der Waals surface area (Å²) in [4.78, 5) is 4.39. The highest BCUT2D eigenvalue weighted by Gasteiger charge is 2.03.